The Morgan fingerprint density at radius 3 is 2.67 bits per heavy atom. The lowest BCUT2D eigenvalue weighted by molar-refractivity contribution is 0.0696. The number of hydrogen-bond acceptors (Lipinski definition) is 8. The van der Waals surface area contributed by atoms with Gasteiger partial charge in [-0.05, 0) is 44.2 Å². The zero-order valence-electron chi connectivity index (χ0n) is 23.9. The average molecular weight is 594 g/mol. The molecule has 2 N–H and O–H groups in total. The number of aromatic nitrogens is 5. The number of aliphatic imine (C=N–C) groups is 1. The van der Waals surface area contributed by atoms with E-state index in [4.69, 9.17) is 0 Å². The van der Waals surface area contributed by atoms with E-state index >= 15 is 0 Å². The SMILES string of the molecule is C=C/C=C(\C=N/CN(C(=O)c1cncc(C(=O)O)c1)C1CC1)CSc1nc2c([nH]1)c(=O)n(C(C)CC)c(=O)n2CCC. The maximum Gasteiger partial charge on any atom is 0.337 e. The van der Waals surface area contributed by atoms with Crippen molar-refractivity contribution in [3.63, 3.8) is 0 Å². The molecule has 12 nitrogen and oxygen atoms in total. The Hall–Kier alpha value is -4.26. The van der Waals surface area contributed by atoms with E-state index in [9.17, 15) is 24.3 Å². The van der Waals surface area contributed by atoms with E-state index in [2.05, 4.69) is 26.5 Å². The molecule has 0 saturated heterocycles. The van der Waals surface area contributed by atoms with Crippen LogP contribution in [0.5, 0.6) is 0 Å². The molecule has 0 aliphatic heterocycles. The molecule has 13 heteroatoms. The number of nitrogens with zero attached hydrogens (tertiary/aromatic N) is 6. The Balaban J connectivity index is 1.51. The maximum atomic E-state index is 13.2. The summed E-state index contributed by atoms with van der Waals surface area (Å²) in [6, 6.07) is 1.12. The fraction of sp³-hybridized carbons (Fsp3) is 0.414. The van der Waals surface area contributed by atoms with Crippen LogP contribution in [-0.2, 0) is 6.54 Å². The summed E-state index contributed by atoms with van der Waals surface area (Å²) in [7, 11) is 0. The fourth-order valence-electron chi connectivity index (χ4n) is 4.43. The van der Waals surface area contributed by atoms with Crippen LogP contribution in [-0.4, -0.2) is 70.6 Å². The van der Waals surface area contributed by atoms with E-state index in [0.717, 1.165) is 18.4 Å². The van der Waals surface area contributed by atoms with Gasteiger partial charge in [0.25, 0.3) is 11.5 Å². The van der Waals surface area contributed by atoms with Crippen molar-refractivity contribution in [3.05, 3.63) is 74.7 Å². The van der Waals surface area contributed by atoms with Crippen LogP contribution >= 0.6 is 11.8 Å². The highest BCUT2D eigenvalue weighted by Crippen LogP contribution is 2.28. The van der Waals surface area contributed by atoms with Crippen LogP contribution in [0, 0.1) is 0 Å². The summed E-state index contributed by atoms with van der Waals surface area (Å²) in [6.07, 6.45) is 10.7. The van der Waals surface area contributed by atoms with Crippen molar-refractivity contribution in [2.45, 2.75) is 70.2 Å². The van der Waals surface area contributed by atoms with Crippen LogP contribution in [0.25, 0.3) is 11.2 Å². The second-order valence-corrected chi connectivity index (χ2v) is 11.1. The fourth-order valence-corrected chi connectivity index (χ4v) is 5.23. The van der Waals surface area contributed by atoms with Crippen LogP contribution in [0.2, 0.25) is 0 Å². The number of carbonyl (C=O) groups is 2. The third kappa shape index (κ3) is 6.78. The molecule has 0 bridgehead atoms. The molecular weight excluding hydrogens is 558 g/mol. The molecule has 42 heavy (non-hydrogen) atoms. The molecule has 1 unspecified atom stereocenters. The second-order valence-electron chi connectivity index (χ2n) is 10.1. The van der Waals surface area contributed by atoms with E-state index in [1.807, 2.05) is 20.8 Å². The van der Waals surface area contributed by atoms with Crippen molar-refractivity contribution < 1.29 is 14.7 Å². The maximum absolute atomic E-state index is 13.2. The first-order valence-corrected chi connectivity index (χ1v) is 14.9. The Morgan fingerprint density at radius 2 is 2.02 bits per heavy atom. The summed E-state index contributed by atoms with van der Waals surface area (Å²) < 4.78 is 2.85. The molecule has 3 aromatic rings. The van der Waals surface area contributed by atoms with Crippen LogP contribution in [0.3, 0.4) is 0 Å². The number of nitrogens with one attached hydrogen (secondary N) is 1. The number of rotatable bonds is 14. The molecule has 1 atom stereocenters. The van der Waals surface area contributed by atoms with Gasteiger partial charge < -0.3 is 15.0 Å². The second kappa shape index (κ2) is 13.6. The van der Waals surface area contributed by atoms with Gasteiger partial charge in [-0.25, -0.2) is 14.6 Å². The molecule has 3 heterocycles. The van der Waals surface area contributed by atoms with Crippen molar-refractivity contribution in [1.29, 1.82) is 0 Å². The van der Waals surface area contributed by atoms with Gasteiger partial charge in [0.15, 0.2) is 16.3 Å². The highest BCUT2D eigenvalue weighted by atomic mass is 32.2. The first kappa shape index (κ1) is 30.7. The lowest BCUT2D eigenvalue weighted by atomic mass is 10.2. The number of thioether (sulfide) groups is 1. The van der Waals surface area contributed by atoms with E-state index in [1.54, 1.807) is 27.8 Å². The number of aromatic amines is 1. The molecule has 1 saturated carbocycles. The molecule has 4 rings (SSSR count). The highest BCUT2D eigenvalue weighted by Gasteiger charge is 2.33. The van der Waals surface area contributed by atoms with Crippen molar-refractivity contribution in [1.82, 2.24) is 29.0 Å². The molecule has 1 amide bonds. The molecule has 1 aliphatic rings. The Morgan fingerprint density at radius 1 is 1.29 bits per heavy atom. The van der Waals surface area contributed by atoms with Gasteiger partial charge in [0, 0.05) is 43.0 Å². The highest BCUT2D eigenvalue weighted by molar-refractivity contribution is 7.99. The van der Waals surface area contributed by atoms with Crippen LogP contribution in [0.15, 0.2) is 62.5 Å². The Bertz CT molecular complexity index is 1660. The van der Waals surface area contributed by atoms with Gasteiger partial charge in [-0.1, -0.05) is 44.3 Å². The summed E-state index contributed by atoms with van der Waals surface area (Å²) in [5.74, 6) is -1.03. The first-order chi connectivity index (χ1) is 20.2. The predicted octanol–water partition coefficient (Wildman–Crippen LogP) is 3.90. The number of carbonyl (C=O) groups excluding carboxylic acids is 1. The summed E-state index contributed by atoms with van der Waals surface area (Å²) in [6.45, 7) is 10.1. The van der Waals surface area contributed by atoms with Crippen LogP contribution < -0.4 is 11.2 Å². The van der Waals surface area contributed by atoms with Crippen molar-refractivity contribution in [3.8, 4) is 0 Å². The van der Waals surface area contributed by atoms with Crippen LogP contribution in [0.4, 0.5) is 0 Å². The number of carboxylic acid groups (broad SMARTS) is 1. The standard InChI is InChI=1S/C29H35N7O5S/c1-5-8-19(13-31-17-35(22-9-10-22)25(37)20-12-21(27(39)40)15-30-14-20)16-42-28-32-23-24(33-28)34(11-6-2)29(41)36(26(23)38)18(4)7-3/h5,8,12-15,18,22H,1,6-7,9-11,16-17H2,2-4H3,(H,32,33)(H,39,40)/b19-8+,31-13-. The average Bonchev–Trinajstić information content (AvgIpc) is 3.73. The minimum absolute atomic E-state index is 0.0417. The monoisotopic (exact) mass is 593 g/mol. The number of fused-ring (bicyclic) bond motifs is 1. The summed E-state index contributed by atoms with van der Waals surface area (Å²) in [5, 5.41) is 9.74. The predicted molar refractivity (Wildman–Crippen MR) is 163 cm³/mol. The number of H-pyrrole nitrogens is 1. The molecule has 222 valence electrons. The minimum Gasteiger partial charge on any atom is -0.478 e. The topological polar surface area (TPSA) is 156 Å². The molecule has 0 aromatic carbocycles. The third-order valence-corrected chi connectivity index (χ3v) is 7.89. The normalized spacial score (nSPS) is 14.4. The number of hydrogen-bond donors (Lipinski definition) is 2. The lowest BCUT2D eigenvalue weighted by Crippen LogP contribution is -2.41. The van der Waals surface area contributed by atoms with Gasteiger partial charge in [-0.3, -0.25) is 28.7 Å². The number of amides is 1. The van der Waals surface area contributed by atoms with Crippen molar-refractivity contribution in [2.75, 3.05) is 12.4 Å². The summed E-state index contributed by atoms with van der Waals surface area (Å²) in [5.41, 5.74) is 0.860. The minimum atomic E-state index is -1.15. The smallest absolute Gasteiger partial charge is 0.337 e. The van der Waals surface area contributed by atoms with Crippen molar-refractivity contribution in [2.24, 2.45) is 4.99 Å². The van der Waals surface area contributed by atoms with Crippen LogP contribution in [0.1, 0.15) is 73.2 Å². The third-order valence-electron chi connectivity index (χ3n) is 6.95. The number of aryl methyl sites for hydroxylation is 1. The van der Waals surface area contributed by atoms with E-state index < -0.39 is 5.97 Å². The van der Waals surface area contributed by atoms with Crippen molar-refractivity contribution >= 4 is 41.0 Å². The van der Waals surface area contributed by atoms with E-state index in [0.29, 0.717) is 41.5 Å². The van der Waals surface area contributed by atoms with Gasteiger partial charge in [-0.15, -0.1) is 0 Å². The zero-order chi connectivity index (χ0) is 30.4. The number of pyridine rings is 1. The van der Waals surface area contributed by atoms with Gasteiger partial charge in [0.05, 0.1) is 11.1 Å². The molecule has 1 fully saturated rings. The number of imidazole rings is 1. The number of carboxylic acids is 1. The van der Waals surface area contributed by atoms with Gasteiger partial charge in [-0.2, -0.15) is 0 Å². The van der Waals surface area contributed by atoms with E-state index in [-0.39, 0.29) is 47.0 Å². The Kier molecular flexibility index (Phi) is 9.94. The van der Waals surface area contributed by atoms with E-state index in [1.165, 1.54) is 34.8 Å². The van der Waals surface area contributed by atoms with Gasteiger partial charge in [0.1, 0.15) is 6.67 Å². The molecule has 0 radical (unpaired) electrons. The first-order valence-electron chi connectivity index (χ1n) is 13.9. The number of allylic oxidation sites excluding steroid dienone is 2. The molecule has 3 aromatic heterocycles. The molecule has 0 spiro atoms. The number of aromatic carboxylic acids is 1. The summed E-state index contributed by atoms with van der Waals surface area (Å²) >= 11 is 1.36. The zero-order valence-corrected chi connectivity index (χ0v) is 24.8. The largest absolute Gasteiger partial charge is 0.478 e. The van der Waals surface area contributed by atoms with Gasteiger partial charge >= 0.3 is 11.7 Å². The molecular formula is C29H35N7O5S. The molecule has 1 aliphatic carbocycles. The Labute approximate surface area is 246 Å². The van der Waals surface area contributed by atoms with Gasteiger partial charge in [0.2, 0.25) is 0 Å². The summed E-state index contributed by atoms with van der Waals surface area (Å²) in [4.78, 5) is 68.5. The quantitative estimate of drug-likeness (QED) is 0.162. The lowest BCUT2D eigenvalue weighted by Gasteiger charge is -2.20.